The molecule has 0 amide bonds. The van der Waals surface area contributed by atoms with Crippen LogP contribution in [-0.4, -0.2) is 3.21 Å². The molecule has 0 N–H and O–H groups in total. The average Bonchev–Trinajstić information content (AvgIpc) is 3.71. The van der Waals surface area contributed by atoms with Crippen LogP contribution < -0.4 is 24.8 Å². The Morgan fingerprint density at radius 2 is 1.17 bits per heavy atom. The van der Waals surface area contributed by atoms with Crippen LogP contribution >= 0.6 is 46.4 Å². The maximum absolute atomic E-state index is 6.93. The van der Waals surface area contributed by atoms with Gasteiger partial charge in [-0.1, -0.05) is 0 Å². The van der Waals surface area contributed by atoms with E-state index in [0.717, 1.165) is 28.7 Å². The van der Waals surface area contributed by atoms with Gasteiger partial charge in [0.05, 0.1) is 0 Å². The van der Waals surface area contributed by atoms with Crippen molar-refractivity contribution in [3.05, 3.63) is 172 Å². The monoisotopic (exact) mass is 820 g/mol. The first-order chi connectivity index (χ1) is 22.3. The summed E-state index contributed by atoms with van der Waals surface area (Å²) >= 11 is 24.4. The molecule has 0 nitrogen and oxygen atoms in total. The van der Waals surface area contributed by atoms with Crippen molar-refractivity contribution in [1.29, 1.82) is 0 Å². The molecule has 0 spiro atoms. The van der Waals surface area contributed by atoms with E-state index < -0.39 is 21.3 Å². The number of rotatable bonds is 4. The Bertz CT molecular complexity index is 2310. The number of allylic oxidation sites excluding steroid dienone is 4. The normalized spacial score (nSPS) is 14.1. The van der Waals surface area contributed by atoms with Gasteiger partial charge in [-0.3, -0.25) is 0 Å². The van der Waals surface area contributed by atoms with Crippen LogP contribution in [-0.2, 0) is 21.3 Å². The van der Waals surface area contributed by atoms with Crippen LogP contribution in [0.3, 0.4) is 0 Å². The molecule has 0 fully saturated rings. The molecule has 238 valence electrons. The molecule has 0 aromatic heterocycles. The van der Waals surface area contributed by atoms with E-state index in [1.54, 1.807) is 0 Å². The van der Waals surface area contributed by atoms with Crippen LogP contribution in [0.2, 0.25) is 20.1 Å². The summed E-state index contributed by atoms with van der Waals surface area (Å²) < 4.78 is 3.04. The largest absolute Gasteiger partial charge is 1.00 e. The maximum atomic E-state index is 6.93. The van der Waals surface area contributed by atoms with E-state index >= 15 is 0 Å². The Hall–Kier alpha value is -2.19. The predicted octanol–water partition coefficient (Wildman–Crippen LogP) is 7.03. The third kappa shape index (κ3) is 5.79. The van der Waals surface area contributed by atoms with Crippen LogP contribution in [0.15, 0.2) is 119 Å². The summed E-state index contributed by atoms with van der Waals surface area (Å²) in [6.07, 6.45) is 7.83. The quantitative estimate of drug-likeness (QED) is 0.168. The summed E-state index contributed by atoms with van der Waals surface area (Å²) in [6.45, 7) is 4.22. The molecule has 0 saturated heterocycles. The zero-order valence-electron chi connectivity index (χ0n) is 26.0. The third-order valence-corrected chi connectivity index (χ3v) is 19.0. The smallest absolute Gasteiger partial charge is 1.00 e. The van der Waals surface area contributed by atoms with E-state index in [9.17, 15) is 0 Å². The van der Waals surface area contributed by atoms with Gasteiger partial charge in [0.1, 0.15) is 0 Å². The zero-order valence-corrected chi connectivity index (χ0v) is 33.0. The fraction of sp³-hybridized carbons (Fsp3) is 0.0976. The van der Waals surface area contributed by atoms with Gasteiger partial charge in [0.2, 0.25) is 0 Å². The van der Waals surface area contributed by atoms with Crippen molar-refractivity contribution in [2.24, 2.45) is 0 Å². The molecule has 0 radical (unpaired) electrons. The standard InChI is InChI=1S/C21H13.C15H10Cl4.C5H5.2ClH.Zr/c1-2-8-15-14(7-1)13-20-18-11-4-3-9-16(18)17-10-5-6-12-19(17)21(15)20;1-8-10(4-12(16)6-14(8)18)3-11-5-13(17)7-15(19)9(11)2;1-2-4-5-3-1;;;/h1-13H;4-7H,1-2H3;1-3H,4H2;2*1H;/q;;;;;+2/p-2. The van der Waals surface area contributed by atoms with E-state index in [1.165, 1.54) is 50.3 Å². The van der Waals surface area contributed by atoms with E-state index in [-0.39, 0.29) is 28.4 Å². The average molecular weight is 825 g/mol. The van der Waals surface area contributed by atoms with E-state index in [0.29, 0.717) is 20.1 Å². The Morgan fingerprint density at radius 1 is 0.646 bits per heavy atom. The number of fused-ring (bicyclic) bond motifs is 8. The minimum atomic E-state index is -3.12. The van der Waals surface area contributed by atoms with Gasteiger partial charge in [0.25, 0.3) is 0 Å². The second-order valence-corrected chi connectivity index (χ2v) is 20.1. The second-order valence-electron chi connectivity index (χ2n) is 12.1. The van der Waals surface area contributed by atoms with Gasteiger partial charge < -0.3 is 24.8 Å². The van der Waals surface area contributed by atoms with Crippen molar-refractivity contribution in [3.63, 3.8) is 0 Å². The molecule has 1 atom stereocenters. The summed E-state index contributed by atoms with van der Waals surface area (Å²) in [5.74, 6) is 0. The maximum Gasteiger partial charge on any atom is -1.00 e. The minimum Gasteiger partial charge on any atom is -1.00 e. The van der Waals surface area contributed by atoms with Crippen LogP contribution in [0.4, 0.5) is 0 Å². The van der Waals surface area contributed by atoms with Gasteiger partial charge in [-0.15, -0.1) is 0 Å². The molecule has 48 heavy (non-hydrogen) atoms. The molecule has 0 bridgehead atoms. The second kappa shape index (κ2) is 14.2. The number of hydrogen-bond acceptors (Lipinski definition) is 0. The van der Waals surface area contributed by atoms with Gasteiger partial charge in [-0.05, 0) is 0 Å². The molecule has 6 aromatic rings. The molecule has 0 saturated carbocycles. The van der Waals surface area contributed by atoms with Crippen LogP contribution in [0.25, 0.3) is 32.7 Å². The summed E-state index contributed by atoms with van der Waals surface area (Å²) in [5.41, 5.74) is 9.76. The Morgan fingerprint density at radius 3 is 1.75 bits per heavy atom. The molecular weight excluding hydrogens is 796 g/mol. The van der Waals surface area contributed by atoms with Crippen LogP contribution in [0.5, 0.6) is 0 Å². The molecular formula is C41H28Cl6Zr. The van der Waals surface area contributed by atoms with Crippen molar-refractivity contribution >= 4 is 71.2 Å². The number of benzene rings is 6. The molecule has 7 heteroatoms. The van der Waals surface area contributed by atoms with Crippen LogP contribution in [0.1, 0.15) is 43.4 Å². The summed E-state index contributed by atoms with van der Waals surface area (Å²) in [4.78, 5) is 0. The molecule has 2 aliphatic carbocycles. The first-order valence-electron chi connectivity index (χ1n) is 15.4. The minimum absolute atomic E-state index is 0. The molecule has 8 rings (SSSR count). The van der Waals surface area contributed by atoms with Crippen LogP contribution in [0, 0.1) is 13.8 Å². The fourth-order valence-electron chi connectivity index (χ4n) is 7.57. The van der Waals surface area contributed by atoms with E-state index in [1.807, 2.05) is 12.1 Å². The number of halogens is 6. The van der Waals surface area contributed by atoms with Gasteiger partial charge in [0, 0.05) is 0 Å². The molecule has 6 aromatic carbocycles. The van der Waals surface area contributed by atoms with Crippen molar-refractivity contribution in [1.82, 2.24) is 0 Å². The molecule has 0 heterocycles. The summed E-state index contributed by atoms with van der Waals surface area (Å²) in [7, 11) is 0. The Balaban J connectivity index is 0.00000201. The SMILES string of the molecule is Cc1c(Cl)cc(Cl)cc1[C](c1cc(Cl)cc(Cl)c1C)=[Zr+2]([C]1=CC=CC1)[CH]1c2ccccc2-c2c1c1ccccc1c1ccccc21.[Cl-].[Cl-]. The topological polar surface area (TPSA) is 0 Å². The fourth-order valence-corrected chi connectivity index (χ4v) is 18.0. The van der Waals surface area contributed by atoms with Gasteiger partial charge >= 0.3 is 299 Å². The Kier molecular flexibility index (Phi) is 10.5. The van der Waals surface area contributed by atoms with Crippen molar-refractivity contribution < 1.29 is 46.1 Å². The Labute approximate surface area is 321 Å². The van der Waals surface area contributed by atoms with Gasteiger partial charge in [0.15, 0.2) is 0 Å². The predicted molar refractivity (Wildman–Crippen MR) is 196 cm³/mol. The van der Waals surface area contributed by atoms with Crippen molar-refractivity contribution in [2.75, 3.05) is 0 Å². The van der Waals surface area contributed by atoms with Crippen molar-refractivity contribution in [3.8, 4) is 11.1 Å². The summed E-state index contributed by atoms with van der Waals surface area (Å²) in [6, 6.07) is 34.8. The van der Waals surface area contributed by atoms with Crippen molar-refractivity contribution in [2.45, 2.75) is 23.9 Å². The molecule has 2 aliphatic rings. The van der Waals surface area contributed by atoms with Gasteiger partial charge in [-0.25, -0.2) is 0 Å². The van der Waals surface area contributed by atoms with E-state index in [2.05, 4.69) is 117 Å². The zero-order chi connectivity index (χ0) is 31.7. The summed E-state index contributed by atoms with van der Waals surface area (Å²) in [5, 5.41) is 7.78. The molecule has 0 aliphatic heterocycles. The molecule has 1 unspecified atom stereocenters. The van der Waals surface area contributed by atoms with Gasteiger partial charge in [-0.2, -0.15) is 0 Å². The van der Waals surface area contributed by atoms with E-state index in [4.69, 9.17) is 46.4 Å². The first-order valence-corrected chi connectivity index (χ1v) is 20.8. The first kappa shape index (κ1) is 35.6. The number of hydrogen-bond donors (Lipinski definition) is 0. The third-order valence-electron chi connectivity index (χ3n) is 9.64.